The van der Waals surface area contributed by atoms with E-state index in [1.807, 2.05) is 0 Å². The second-order valence-corrected chi connectivity index (χ2v) is 7.92. The van der Waals surface area contributed by atoms with Crippen molar-refractivity contribution in [2.45, 2.75) is 43.7 Å². The molecule has 0 spiro atoms. The van der Waals surface area contributed by atoms with Crippen LogP contribution in [0.15, 0.2) is 17.0 Å². The smallest absolute Gasteiger partial charge is 0.242 e. The zero-order valence-electron chi connectivity index (χ0n) is 12.1. The minimum atomic E-state index is -3.64. The van der Waals surface area contributed by atoms with Crippen LogP contribution in [0.25, 0.3) is 0 Å². The van der Waals surface area contributed by atoms with Crippen LogP contribution in [0.3, 0.4) is 0 Å². The summed E-state index contributed by atoms with van der Waals surface area (Å²) in [5.74, 6) is 0.444. The van der Waals surface area contributed by atoms with Crippen LogP contribution in [0.5, 0.6) is 0 Å². The summed E-state index contributed by atoms with van der Waals surface area (Å²) in [6.07, 6.45) is 3.00. The largest absolute Gasteiger partial charge is 0.316 e. The Kier molecular flexibility index (Phi) is 5.54. The molecule has 2 unspecified atom stereocenters. The molecule has 2 N–H and O–H groups in total. The molecular formula is C14H20Cl2N2O2S. The molecular weight excluding hydrogens is 331 g/mol. The number of rotatable bonds is 7. The predicted octanol–water partition coefficient (Wildman–Crippen LogP) is 3.18. The summed E-state index contributed by atoms with van der Waals surface area (Å²) in [6, 6.07) is 3.11. The van der Waals surface area contributed by atoms with Gasteiger partial charge in [0.25, 0.3) is 0 Å². The Bertz CT molecular complexity index is 620. The van der Waals surface area contributed by atoms with Gasteiger partial charge in [0, 0.05) is 17.6 Å². The Balaban J connectivity index is 2.24. The Morgan fingerprint density at radius 2 is 2.05 bits per heavy atom. The van der Waals surface area contributed by atoms with Gasteiger partial charge in [0.1, 0.15) is 4.90 Å². The lowest BCUT2D eigenvalue weighted by Gasteiger charge is -2.12. The number of nitrogens with one attached hydrogen (secondary N) is 2. The van der Waals surface area contributed by atoms with Gasteiger partial charge < -0.3 is 5.32 Å². The molecule has 7 heteroatoms. The molecule has 2 rings (SSSR count). The molecule has 1 saturated carbocycles. The summed E-state index contributed by atoms with van der Waals surface area (Å²) in [5.41, 5.74) is 0.674. The molecule has 2 atom stereocenters. The third-order valence-electron chi connectivity index (χ3n) is 3.62. The topological polar surface area (TPSA) is 58.2 Å². The third kappa shape index (κ3) is 4.11. The SMILES string of the molecule is CCCC1CC1NS(=O)(=O)c1cc(Cl)cc(CNC)c1Cl. The van der Waals surface area contributed by atoms with Crippen molar-refractivity contribution in [3.63, 3.8) is 0 Å². The normalized spacial score (nSPS) is 21.5. The molecule has 0 saturated heterocycles. The molecule has 0 radical (unpaired) electrons. The predicted molar refractivity (Wildman–Crippen MR) is 86.4 cm³/mol. The number of sulfonamides is 1. The maximum absolute atomic E-state index is 12.5. The lowest BCUT2D eigenvalue weighted by atomic mass is 10.2. The van der Waals surface area contributed by atoms with Crippen LogP contribution in [-0.2, 0) is 16.6 Å². The van der Waals surface area contributed by atoms with E-state index in [9.17, 15) is 8.42 Å². The Morgan fingerprint density at radius 3 is 2.67 bits per heavy atom. The summed E-state index contributed by atoms with van der Waals surface area (Å²) in [4.78, 5) is 0.0593. The van der Waals surface area contributed by atoms with Crippen LogP contribution in [0.1, 0.15) is 31.7 Å². The van der Waals surface area contributed by atoms with E-state index in [1.54, 1.807) is 13.1 Å². The van der Waals surface area contributed by atoms with Gasteiger partial charge >= 0.3 is 0 Å². The zero-order valence-corrected chi connectivity index (χ0v) is 14.4. The highest BCUT2D eigenvalue weighted by Gasteiger charge is 2.39. The van der Waals surface area contributed by atoms with E-state index in [0.29, 0.717) is 23.0 Å². The monoisotopic (exact) mass is 350 g/mol. The average Bonchev–Trinajstić information content (AvgIpc) is 3.11. The first-order valence-corrected chi connectivity index (χ1v) is 9.27. The van der Waals surface area contributed by atoms with Crippen molar-refractivity contribution in [1.29, 1.82) is 0 Å². The standard InChI is InChI=1S/C14H20Cl2N2O2S/c1-3-4-9-6-12(9)18-21(19,20)13-7-11(15)5-10(8-17-2)14(13)16/h5,7,9,12,17-18H,3-4,6,8H2,1-2H3. The minimum Gasteiger partial charge on any atom is -0.316 e. The van der Waals surface area contributed by atoms with E-state index in [-0.39, 0.29) is 16.0 Å². The first-order chi connectivity index (χ1) is 9.89. The molecule has 0 amide bonds. The van der Waals surface area contributed by atoms with E-state index >= 15 is 0 Å². The summed E-state index contributed by atoms with van der Waals surface area (Å²) in [5, 5.41) is 3.55. The van der Waals surface area contributed by atoms with Gasteiger partial charge in [0.15, 0.2) is 0 Å². The fourth-order valence-corrected chi connectivity index (χ4v) is 4.73. The van der Waals surface area contributed by atoms with Gasteiger partial charge in [-0.2, -0.15) is 0 Å². The molecule has 4 nitrogen and oxygen atoms in total. The minimum absolute atomic E-state index is 0.0257. The first kappa shape index (κ1) is 17.0. The molecule has 1 fully saturated rings. The highest BCUT2D eigenvalue weighted by atomic mass is 35.5. The first-order valence-electron chi connectivity index (χ1n) is 7.04. The average molecular weight is 351 g/mol. The lowest BCUT2D eigenvalue weighted by molar-refractivity contribution is 0.573. The van der Waals surface area contributed by atoms with Gasteiger partial charge in [-0.3, -0.25) is 0 Å². The lowest BCUT2D eigenvalue weighted by Crippen LogP contribution is -2.27. The van der Waals surface area contributed by atoms with Gasteiger partial charge in [-0.05, 0) is 43.5 Å². The third-order valence-corrected chi connectivity index (χ3v) is 5.92. The molecule has 0 aliphatic heterocycles. The van der Waals surface area contributed by atoms with Gasteiger partial charge in [0.05, 0.1) is 5.02 Å². The van der Waals surface area contributed by atoms with Crippen molar-refractivity contribution >= 4 is 33.2 Å². The van der Waals surface area contributed by atoms with Gasteiger partial charge in [-0.15, -0.1) is 0 Å². The number of hydrogen-bond donors (Lipinski definition) is 2. The maximum atomic E-state index is 12.5. The van der Waals surface area contributed by atoms with Gasteiger partial charge in [-0.1, -0.05) is 36.5 Å². The van der Waals surface area contributed by atoms with Crippen LogP contribution >= 0.6 is 23.2 Å². The highest BCUT2D eigenvalue weighted by molar-refractivity contribution is 7.89. The summed E-state index contributed by atoms with van der Waals surface area (Å²) < 4.78 is 27.7. The maximum Gasteiger partial charge on any atom is 0.242 e. The Morgan fingerprint density at radius 1 is 1.33 bits per heavy atom. The summed E-state index contributed by atoms with van der Waals surface area (Å²) >= 11 is 12.2. The van der Waals surface area contributed by atoms with Crippen LogP contribution in [0, 0.1) is 5.92 Å². The molecule has 0 aromatic heterocycles. The molecule has 21 heavy (non-hydrogen) atoms. The number of benzene rings is 1. The zero-order chi connectivity index (χ0) is 15.6. The van der Waals surface area contributed by atoms with Crippen molar-refractivity contribution in [2.24, 2.45) is 5.92 Å². The van der Waals surface area contributed by atoms with Crippen molar-refractivity contribution in [2.75, 3.05) is 7.05 Å². The number of hydrogen-bond acceptors (Lipinski definition) is 3. The Labute approximate surface area is 136 Å². The van der Waals surface area contributed by atoms with E-state index in [2.05, 4.69) is 17.0 Å². The molecule has 1 aliphatic carbocycles. The van der Waals surface area contributed by atoms with Crippen molar-refractivity contribution in [1.82, 2.24) is 10.0 Å². The second-order valence-electron chi connectivity index (χ2n) is 5.42. The summed E-state index contributed by atoms with van der Waals surface area (Å²) in [6.45, 7) is 2.56. The quantitative estimate of drug-likeness (QED) is 0.793. The van der Waals surface area contributed by atoms with Crippen LogP contribution in [0.2, 0.25) is 10.0 Å². The molecule has 1 aromatic carbocycles. The van der Waals surface area contributed by atoms with E-state index in [4.69, 9.17) is 23.2 Å². The summed E-state index contributed by atoms with van der Waals surface area (Å²) in [7, 11) is -1.87. The van der Waals surface area contributed by atoms with Crippen LogP contribution in [0.4, 0.5) is 0 Å². The van der Waals surface area contributed by atoms with Crippen molar-refractivity contribution < 1.29 is 8.42 Å². The van der Waals surface area contributed by atoms with Gasteiger partial charge in [-0.25, -0.2) is 13.1 Å². The molecule has 1 aromatic rings. The van der Waals surface area contributed by atoms with E-state index < -0.39 is 10.0 Å². The second kappa shape index (κ2) is 6.84. The van der Waals surface area contributed by atoms with E-state index in [0.717, 1.165) is 19.3 Å². The van der Waals surface area contributed by atoms with Crippen molar-refractivity contribution in [3.05, 3.63) is 27.7 Å². The van der Waals surface area contributed by atoms with Crippen LogP contribution < -0.4 is 10.0 Å². The van der Waals surface area contributed by atoms with Gasteiger partial charge in [0.2, 0.25) is 10.0 Å². The van der Waals surface area contributed by atoms with Crippen molar-refractivity contribution in [3.8, 4) is 0 Å². The molecule has 1 aliphatic rings. The molecule has 0 bridgehead atoms. The molecule has 0 heterocycles. The fourth-order valence-electron chi connectivity index (χ4n) is 2.48. The molecule has 118 valence electrons. The van der Waals surface area contributed by atoms with Crippen LogP contribution in [-0.4, -0.2) is 21.5 Å². The highest BCUT2D eigenvalue weighted by Crippen LogP contribution is 2.37. The number of halogens is 2. The Hall–Kier alpha value is -0.330. The van der Waals surface area contributed by atoms with E-state index in [1.165, 1.54) is 6.07 Å². The fraction of sp³-hybridized carbons (Fsp3) is 0.571.